The normalized spacial score (nSPS) is 10.6. The topological polar surface area (TPSA) is 96.8 Å². The average Bonchev–Trinajstić information content (AvgIpc) is 3.16. The number of rotatable bonds is 8. The molecular formula is C21H21N7O. The monoisotopic (exact) mass is 387 g/mol. The molecule has 0 fully saturated rings. The van der Waals surface area contributed by atoms with Crippen LogP contribution in [-0.2, 0) is 11.3 Å². The fraction of sp³-hybridized carbons (Fsp3) is 0.143. The third-order valence-corrected chi connectivity index (χ3v) is 4.36. The van der Waals surface area contributed by atoms with E-state index in [-0.39, 0.29) is 5.91 Å². The summed E-state index contributed by atoms with van der Waals surface area (Å²) in [6, 6.07) is 17.4. The van der Waals surface area contributed by atoms with Gasteiger partial charge in [0, 0.05) is 42.9 Å². The standard InChI is InChI=1S/C21H21N7O/c29-21(15-28-14-9-16-3-1-2-4-18(16)28)24-13-12-23-19-5-6-20(27-26-19)25-17-7-10-22-11-8-17/h1-11,14H,12-13,15H2,(H,23,26)(H,24,29)(H,22,25,27). The first-order valence-electron chi connectivity index (χ1n) is 9.33. The molecule has 0 spiro atoms. The Bertz CT molecular complexity index is 1080. The molecule has 0 aliphatic heterocycles. The zero-order chi connectivity index (χ0) is 19.9. The minimum absolute atomic E-state index is 0.0314. The number of benzene rings is 1. The molecule has 0 saturated carbocycles. The highest BCUT2D eigenvalue weighted by molar-refractivity contribution is 5.83. The molecule has 0 saturated heterocycles. The number of nitrogens with zero attached hydrogens (tertiary/aromatic N) is 4. The van der Waals surface area contributed by atoms with Crippen LogP contribution in [-0.4, -0.2) is 38.7 Å². The molecular weight excluding hydrogens is 366 g/mol. The smallest absolute Gasteiger partial charge is 0.240 e. The van der Waals surface area contributed by atoms with E-state index in [1.807, 2.05) is 65.4 Å². The Hall–Kier alpha value is -3.94. The summed E-state index contributed by atoms with van der Waals surface area (Å²) in [5.74, 6) is 1.26. The molecule has 1 amide bonds. The summed E-state index contributed by atoms with van der Waals surface area (Å²) >= 11 is 0. The van der Waals surface area contributed by atoms with Crippen molar-refractivity contribution >= 4 is 34.1 Å². The molecule has 0 atom stereocenters. The fourth-order valence-corrected chi connectivity index (χ4v) is 2.96. The van der Waals surface area contributed by atoms with Gasteiger partial charge in [0.2, 0.25) is 5.91 Å². The van der Waals surface area contributed by atoms with Gasteiger partial charge in [0.25, 0.3) is 0 Å². The van der Waals surface area contributed by atoms with Crippen LogP contribution in [0.15, 0.2) is 73.2 Å². The van der Waals surface area contributed by atoms with E-state index in [9.17, 15) is 4.79 Å². The molecule has 29 heavy (non-hydrogen) atoms. The first-order chi connectivity index (χ1) is 14.3. The summed E-state index contributed by atoms with van der Waals surface area (Å²) in [4.78, 5) is 16.2. The van der Waals surface area contributed by atoms with Crippen molar-refractivity contribution in [3.8, 4) is 0 Å². The van der Waals surface area contributed by atoms with Gasteiger partial charge in [-0.3, -0.25) is 9.78 Å². The minimum Gasteiger partial charge on any atom is -0.367 e. The maximum Gasteiger partial charge on any atom is 0.240 e. The second-order valence-corrected chi connectivity index (χ2v) is 6.44. The molecule has 8 heteroatoms. The van der Waals surface area contributed by atoms with Gasteiger partial charge < -0.3 is 20.5 Å². The maximum atomic E-state index is 12.2. The van der Waals surface area contributed by atoms with Crippen LogP contribution < -0.4 is 16.0 Å². The summed E-state index contributed by atoms with van der Waals surface area (Å²) < 4.78 is 1.94. The quantitative estimate of drug-likeness (QED) is 0.402. The highest BCUT2D eigenvalue weighted by Crippen LogP contribution is 2.15. The number of anilines is 3. The molecule has 3 heterocycles. The Morgan fingerprint density at radius 1 is 0.897 bits per heavy atom. The van der Waals surface area contributed by atoms with Crippen LogP contribution in [0.1, 0.15) is 0 Å². The van der Waals surface area contributed by atoms with E-state index in [1.165, 1.54) is 0 Å². The molecule has 3 N–H and O–H groups in total. The largest absolute Gasteiger partial charge is 0.367 e. The number of para-hydroxylation sites is 1. The first-order valence-corrected chi connectivity index (χ1v) is 9.33. The molecule has 4 rings (SSSR count). The second kappa shape index (κ2) is 8.83. The lowest BCUT2D eigenvalue weighted by Gasteiger charge is -2.09. The number of pyridine rings is 1. The van der Waals surface area contributed by atoms with Gasteiger partial charge >= 0.3 is 0 Å². The van der Waals surface area contributed by atoms with E-state index in [0.29, 0.717) is 31.3 Å². The highest BCUT2D eigenvalue weighted by Gasteiger charge is 2.05. The summed E-state index contributed by atoms with van der Waals surface area (Å²) in [5.41, 5.74) is 1.95. The second-order valence-electron chi connectivity index (χ2n) is 6.44. The SMILES string of the molecule is O=C(Cn1ccc2ccccc21)NCCNc1ccc(Nc2ccncc2)nn1. The van der Waals surface area contributed by atoms with Gasteiger partial charge in [-0.15, -0.1) is 10.2 Å². The molecule has 0 aliphatic carbocycles. The fourth-order valence-electron chi connectivity index (χ4n) is 2.96. The van der Waals surface area contributed by atoms with Gasteiger partial charge in [0.15, 0.2) is 5.82 Å². The molecule has 0 bridgehead atoms. The van der Waals surface area contributed by atoms with Crippen molar-refractivity contribution in [3.05, 3.63) is 73.2 Å². The number of hydrogen-bond acceptors (Lipinski definition) is 6. The third kappa shape index (κ3) is 4.86. The highest BCUT2D eigenvalue weighted by atomic mass is 16.1. The lowest BCUT2D eigenvalue weighted by atomic mass is 10.2. The number of carbonyl (C=O) groups excluding carboxylic acids is 1. The summed E-state index contributed by atoms with van der Waals surface area (Å²) in [5, 5.41) is 18.6. The van der Waals surface area contributed by atoms with Gasteiger partial charge in [0.1, 0.15) is 12.4 Å². The number of hydrogen-bond donors (Lipinski definition) is 3. The number of carbonyl (C=O) groups is 1. The van der Waals surface area contributed by atoms with Crippen LogP contribution in [0.5, 0.6) is 0 Å². The molecule has 3 aromatic heterocycles. The zero-order valence-corrected chi connectivity index (χ0v) is 15.7. The average molecular weight is 387 g/mol. The van der Waals surface area contributed by atoms with E-state index in [0.717, 1.165) is 16.6 Å². The Labute approximate surface area is 168 Å². The number of nitrogens with one attached hydrogen (secondary N) is 3. The van der Waals surface area contributed by atoms with Crippen molar-refractivity contribution < 1.29 is 4.79 Å². The number of amides is 1. The van der Waals surface area contributed by atoms with E-state index in [1.54, 1.807) is 12.4 Å². The lowest BCUT2D eigenvalue weighted by Crippen LogP contribution is -2.31. The van der Waals surface area contributed by atoms with Crippen molar-refractivity contribution in [2.75, 3.05) is 23.7 Å². The van der Waals surface area contributed by atoms with E-state index < -0.39 is 0 Å². The van der Waals surface area contributed by atoms with Gasteiger partial charge in [-0.05, 0) is 41.8 Å². The van der Waals surface area contributed by atoms with Crippen molar-refractivity contribution in [1.29, 1.82) is 0 Å². The van der Waals surface area contributed by atoms with Crippen LogP contribution in [0.2, 0.25) is 0 Å². The predicted octanol–water partition coefficient (Wildman–Crippen LogP) is 2.80. The van der Waals surface area contributed by atoms with Crippen LogP contribution in [0.25, 0.3) is 10.9 Å². The zero-order valence-electron chi connectivity index (χ0n) is 15.7. The van der Waals surface area contributed by atoms with Crippen LogP contribution in [0.3, 0.4) is 0 Å². The molecule has 146 valence electrons. The van der Waals surface area contributed by atoms with Gasteiger partial charge in [-0.1, -0.05) is 18.2 Å². The van der Waals surface area contributed by atoms with Gasteiger partial charge in [-0.25, -0.2) is 0 Å². The summed E-state index contributed by atoms with van der Waals surface area (Å²) in [7, 11) is 0. The Morgan fingerprint density at radius 3 is 2.52 bits per heavy atom. The van der Waals surface area contributed by atoms with Crippen molar-refractivity contribution in [2.24, 2.45) is 0 Å². The molecule has 4 aromatic rings. The molecule has 1 aromatic carbocycles. The molecule has 8 nitrogen and oxygen atoms in total. The van der Waals surface area contributed by atoms with Gasteiger partial charge in [-0.2, -0.15) is 0 Å². The Kier molecular flexibility index (Phi) is 5.61. The Morgan fingerprint density at radius 2 is 1.69 bits per heavy atom. The summed E-state index contributed by atoms with van der Waals surface area (Å²) in [6.07, 6.45) is 5.34. The number of fused-ring (bicyclic) bond motifs is 1. The van der Waals surface area contributed by atoms with Crippen LogP contribution >= 0.6 is 0 Å². The van der Waals surface area contributed by atoms with E-state index in [4.69, 9.17) is 0 Å². The van der Waals surface area contributed by atoms with Gasteiger partial charge in [0.05, 0.1) is 0 Å². The van der Waals surface area contributed by atoms with Crippen molar-refractivity contribution in [1.82, 2.24) is 25.1 Å². The lowest BCUT2D eigenvalue weighted by molar-refractivity contribution is -0.121. The third-order valence-electron chi connectivity index (χ3n) is 4.36. The van der Waals surface area contributed by atoms with Crippen molar-refractivity contribution in [3.63, 3.8) is 0 Å². The Balaban J connectivity index is 1.20. The maximum absolute atomic E-state index is 12.2. The van der Waals surface area contributed by atoms with Crippen molar-refractivity contribution in [2.45, 2.75) is 6.54 Å². The molecule has 0 radical (unpaired) electrons. The minimum atomic E-state index is -0.0314. The number of aromatic nitrogens is 4. The van der Waals surface area contributed by atoms with E-state index in [2.05, 4.69) is 31.1 Å². The predicted molar refractivity (Wildman–Crippen MR) is 113 cm³/mol. The first kappa shape index (κ1) is 18.4. The van der Waals surface area contributed by atoms with E-state index >= 15 is 0 Å². The van der Waals surface area contributed by atoms with Crippen LogP contribution in [0, 0.1) is 0 Å². The van der Waals surface area contributed by atoms with Crippen LogP contribution in [0.4, 0.5) is 17.3 Å². The summed E-state index contributed by atoms with van der Waals surface area (Å²) in [6.45, 7) is 1.35. The molecule has 0 unspecified atom stereocenters. The molecule has 0 aliphatic rings.